The highest BCUT2D eigenvalue weighted by Crippen LogP contribution is 2.61. The third kappa shape index (κ3) is 5.60. The Hall–Kier alpha value is -0.470. The molecule has 2 aromatic rings. The van der Waals surface area contributed by atoms with Crippen LogP contribution < -0.4 is 5.56 Å². The number of hydrogen-bond acceptors (Lipinski definition) is 2. The van der Waals surface area contributed by atoms with Gasteiger partial charge in [0.15, 0.2) is 0 Å². The molecule has 0 unspecified atom stereocenters. The molecule has 0 aliphatic heterocycles. The van der Waals surface area contributed by atoms with Crippen LogP contribution in [0.4, 0.5) is 0 Å². The van der Waals surface area contributed by atoms with Crippen molar-refractivity contribution in [2.75, 3.05) is 0 Å². The van der Waals surface area contributed by atoms with Crippen LogP contribution in [0.1, 0.15) is 5.56 Å². The summed E-state index contributed by atoms with van der Waals surface area (Å²) in [4.78, 5) is 13.7. The van der Waals surface area contributed by atoms with E-state index < -0.39 is 5.20 Å². The average molecular weight is 313 g/mol. The quantitative estimate of drug-likeness (QED) is 0.720. The minimum absolute atomic E-state index is 0.0481. The lowest BCUT2D eigenvalue weighted by Gasteiger charge is -1.98. The van der Waals surface area contributed by atoms with E-state index in [0.29, 0.717) is 0 Å². The maximum atomic E-state index is 10.9. The monoisotopic (exact) mass is 311 g/mol. The largest absolute Gasteiger partial charge is 0.339 e. The standard InChI is InChI=1S/C10H9NO.Cl3OP/c1-7-3-2-4-9-8(7)5-6-10(12)11-9;1-5(2,3)4/h2-6H,1H3,(H,11,12);. The summed E-state index contributed by atoms with van der Waals surface area (Å²) in [5.74, 6) is 0. The van der Waals surface area contributed by atoms with Gasteiger partial charge in [0, 0.05) is 17.0 Å². The van der Waals surface area contributed by atoms with Gasteiger partial charge in [-0.3, -0.25) is 9.36 Å². The first-order valence-corrected chi connectivity index (χ1v) is 8.97. The Morgan fingerprint density at radius 3 is 2.29 bits per heavy atom. The molecule has 0 spiro atoms. The molecule has 0 radical (unpaired) electrons. The third-order valence-corrected chi connectivity index (χ3v) is 1.98. The predicted octanol–water partition coefficient (Wildman–Crippen LogP) is 4.65. The molecule has 0 aliphatic carbocycles. The zero-order valence-electron chi connectivity index (χ0n) is 8.78. The first kappa shape index (κ1) is 14.6. The van der Waals surface area contributed by atoms with Crippen LogP contribution in [0.2, 0.25) is 0 Å². The van der Waals surface area contributed by atoms with Crippen molar-refractivity contribution >= 4 is 49.8 Å². The van der Waals surface area contributed by atoms with Crippen LogP contribution in [0.15, 0.2) is 35.1 Å². The molecule has 1 N–H and O–H groups in total. The van der Waals surface area contributed by atoms with Crippen molar-refractivity contribution in [2.24, 2.45) is 0 Å². The summed E-state index contributed by atoms with van der Waals surface area (Å²) in [6.07, 6.45) is 0. The van der Waals surface area contributed by atoms with Crippen LogP contribution in [-0.2, 0) is 4.57 Å². The van der Waals surface area contributed by atoms with Crippen LogP contribution in [0.5, 0.6) is 0 Å². The second kappa shape index (κ2) is 5.92. The first-order valence-electron chi connectivity index (χ1n) is 4.55. The molecule has 92 valence electrons. The fraction of sp³-hybridized carbons (Fsp3) is 0.100. The second-order valence-corrected chi connectivity index (χ2v) is 9.90. The van der Waals surface area contributed by atoms with Gasteiger partial charge in [0.2, 0.25) is 5.56 Å². The smallest absolute Gasteiger partial charge is 0.322 e. The topological polar surface area (TPSA) is 49.9 Å². The lowest BCUT2D eigenvalue weighted by Crippen LogP contribution is -2.02. The lowest BCUT2D eigenvalue weighted by atomic mass is 10.1. The van der Waals surface area contributed by atoms with E-state index in [2.05, 4.69) is 38.7 Å². The molecule has 0 bridgehead atoms. The van der Waals surface area contributed by atoms with E-state index in [-0.39, 0.29) is 5.56 Å². The van der Waals surface area contributed by atoms with E-state index in [4.69, 9.17) is 0 Å². The van der Waals surface area contributed by atoms with Crippen LogP contribution in [0.3, 0.4) is 0 Å². The Labute approximate surface area is 112 Å². The summed E-state index contributed by atoms with van der Waals surface area (Å²) in [6, 6.07) is 9.27. The number of pyridine rings is 1. The van der Waals surface area contributed by atoms with E-state index in [1.807, 2.05) is 31.2 Å². The van der Waals surface area contributed by atoms with Gasteiger partial charge in [0.05, 0.1) is 0 Å². The van der Waals surface area contributed by atoms with Crippen molar-refractivity contribution in [1.29, 1.82) is 0 Å². The van der Waals surface area contributed by atoms with Crippen molar-refractivity contribution in [3.05, 3.63) is 46.2 Å². The fourth-order valence-electron chi connectivity index (χ4n) is 1.34. The van der Waals surface area contributed by atoms with Crippen LogP contribution in [0.25, 0.3) is 10.9 Å². The van der Waals surface area contributed by atoms with Crippen molar-refractivity contribution < 1.29 is 4.57 Å². The number of nitrogens with one attached hydrogen (secondary N) is 1. The van der Waals surface area contributed by atoms with E-state index in [1.54, 1.807) is 6.07 Å². The second-order valence-electron chi connectivity index (χ2n) is 3.26. The molecule has 7 heteroatoms. The number of halogens is 3. The van der Waals surface area contributed by atoms with Crippen LogP contribution in [-0.4, -0.2) is 4.98 Å². The van der Waals surface area contributed by atoms with Gasteiger partial charge in [-0.15, -0.1) is 0 Å². The maximum absolute atomic E-state index is 10.9. The summed E-state index contributed by atoms with van der Waals surface area (Å²) < 4.78 is 9.51. The average Bonchev–Trinajstić information content (AvgIpc) is 2.14. The highest BCUT2D eigenvalue weighted by molar-refractivity contribution is 8.24. The van der Waals surface area contributed by atoms with Gasteiger partial charge in [-0.25, -0.2) is 0 Å². The van der Waals surface area contributed by atoms with Gasteiger partial charge >= 0.3 is 5.20 Å². The molecule has 2 rings (SSSR count). The van der Waals surface area contributed by atoms with E-state index >= 15 is 0 Å². The first-order chi connectivity index (χ1) is 7.77. The lowest BCUT2D eigenvalue weighted by molar-refractivity contribution is 0.600. The van der Waals surface area contributed by atoms with Gasteiger partial charge < -0.3 is 4.98 Å². The van der Waals surface area contributed by atoms with Crippen molar-refractivity contribution in [1.82, 2.24) is 4.98 Å². The van der Waals surface area contributed by atoms with E-state index in [0.717, 1.165) is 10.9 Å². The molecule has 0 fully saturated rings. The van der Waals surface area contributed by atoms with Crippen molar-refractivity contribution in [3.8, 4) is 0 Å². The number of H-pyrrole nitrogens is 1. The number of aromatic nitrogens is 1. The molecular formula is C10H9Cl3NO2P. The number of benzene rings is 1. The van der Waals surface area contributed by atoms with Crippen LogP contribution >= 0.6 is 38.9 Å². The zero-order chi connectivity index (χ0) is 13.1. The maximum Gasteiger partial charge on any atom is 0.339 e. The van der Waals surface area contributed by atoms with Gasteiger partial charge in [-0.1, -0.05) is 12.1 Å². The number of hydrogen-bond donors (Lipinski definition) is 1. The summed E-state index contributed by atoms with van der Waals surface area (Å²) in [6.45, 7) is 2.03. The van der Waals surface area contributed by atoms with E-state index in [9.17, 15) is 9.36 Å². The Morgan fingerprint density at radius 1 is 1.12 bits per heavy atom. The van der Waals surface area contributed by atoms with Gasteiger partial charge in [0.1, 0.15) is 0 Å². The van der Waals surface area contributed by atoms with Crippen LogP contribution in [0, 0.1) is 6.92 Å². The Kier molecular flexibility index (Phi) is 5.08. The highest BCUT2D eigenvalue weighted by Gasteiger charge is 2.03. The molecule has 0 aliphatic rings. The SMILES string of the molecule is Cc1cccc2[nH]c(=O)ccc12.O=P(Cl)(Cl)Cl. The molecule has 17 heavy (non-hydrogen) atoms. The Bertz CT molecular complexity index is 612. The fourth-order valence-corrected chi connectivity index (χ4v) is 1.34. The van der Waals surface area contributed by atoms with E-state index in [1.165, 1.54) is 5.56 Å². The molecule has 1 aromatic heterocycles. The van der Waals surface area contributed by atoms with Gasteiger partial charge in [-0.05, 0) is 58.3 Å². The van der Waals surface area contributed by atoms with Crippen molar-refractivity contribution in [3.63, 3.8) is 0 Å². The highest BCUT2D eigenvalue weighted by atomic mass is 36.0. The molecule has 0 amide bonds. The summed E-state index contributed by atoms with van der Waals surface area (Å²) in [5, 5.41) is -2.11. The minimum Gasteiger partial charge on any atom is -0.322 e. The summed E-state index contributed by atoms with van der Waals surface area (Å²) in [5.41, 5.74) is 2.04. The summed E-state index contributed by atoms with van der Waals surface area (Å²) >= 11 is 13.8. The molecule has 0 atom stereocenters. The van der Waals surface area contributed by atoms with Gasteiger partial charge in [0.25, 0.3) is 0 Å². The Morgan fingerprint density at radius 2 is 1.71 bits per heavy atom. The number of aryl methyl sites for hydroxylation is 1. The molecule has 1 heterocycles. The molecule has 0 saturated carbocycles. The van der Waals surface area contributed by atoms with Crippen molar-refractivity contribution in [2.45, 2.75) is 6.92 Å². The number of fused-ring (bicyclic) bond motifs is 1. The summed E-state index contributed by atoms with van der Waals surface area (Å²) in [7, 11) is 0. The molecule has 1 aromatic carbocycles. The number of rotatable bonds is 0. The minimum atomic E-state index is -3.22. The Balaban J connectivity index is 0.000000249. The normalized spacial score (nSPS) is 10.8. The van der Waals surface area contributed by atoms with Gasteiger partial charge in [-0.2, -0.15) is 0 Å². The number of aromatic amines is 1. The third-order valence-electron chi connectivity index (χ3n) is 1.98. The molecule has 3 nitrogen and oxygen atoms in total. The zero-order valence-corrected chi connectivity index (χ0v) is 11.9. The molecule has 0 saturated heterocycles. The molecular weight excluding hydrogens is 303 g/mol. The predicted molar refractivity (Wildman–Crippen MR) is 74.5 cm³/mol.